The second kappa shape index (κ2) is 7.03. The van der Waals surface area contributed by atoms with Gasteiger partial charge in [-0.2, -0.15) is 0 Å². The van der Waals surface area contributed by atoms with Gasteiger partial charge in [-0.3, -0.25) is 0 Å². The number of aromatic nitrogens is 3. The van der Waals surface area contributed by atoms with Crippen LogP contribution in [0.4, 0.5) is 10.2 Å². The highest BCUT2D eigenvalue weighted by molar-refractivity contribution is 5.72. The lowest BCUT2D eigenvalue weighted by atomic mass is 10.1. The maximum absolute atomic E-state index is 13.7. The van der Waals surface area contributed by atoms with Crippen LogP contribution in [0.25, 0.3) is 11.3 Å². The first-order valence-corrected chi connectivity index (χ1v) is 8.37. The Balaban J connectivity index is 1.76. The molecule has 2 heterocycles. The Morgan fingerprint density at radius 1 is 1.00 bits per heavy atom. The molecule has 0 amide bonds. The van der Waals surface area contributed by atoms with Gasteiger partial charge in [0.1, 0.15) is 11.5 Å². The molecule has 3 aromatic rings. The summed E-state index contributed by atoms with van der Waals surface area (Å²) >= 11 is 0. The third kappa shape index (κ3) is 3.39. The lowest BCUT2D eigenvalue weighted by Gasteiger charge is -2.29. The Morgan fingerprint density at radius 2 is 1.80 bits per heavy atom. The van der Waals surface area contributed by atoms with Gasteiger partial charge in [0, 0.05) is 18.7 Å². The summed E-state index contributed by atoms with van der Waals surface area (Å²) in [5.41, 5.74) is 2.59. The molecule has 128 valence electrons. The van der Waals surface area contributed by atoms with E-state index in [0.717, 1.165) is 30.0 Å². The number of ether oxygens (including phenoxy) is 1. The Labute approximate surface area is 145 Å². The summed E-state index contributed by atoms with van der Waals surface area (Å²) in [5.74, 6) is 0.640. The summed E-state index contributed by atoms with van der Waals surface area (Å²) in [6.45, 7) is 3.49. The normalized spacial score (nSPS) is 14.7. The van der Waals surface area contributed by atoms with Gasteiger partial charge < -0.3 is 9.64 Å². The molecule has 0 unspecified atom stereocenters. The minimum Gasteiger partial charge on any atom is -0.378 e. The van der Waals surface area contributed by atoms with Gasteiger partial charge in [-0.25, -0.2) is 9.07 Å². The van der Waals surface area contributed by atoms with Gasteiger partial charge in [0.15, 0.2) is 5.82 Å². The molecule has 0 aliphatic carbocycles. The highest BCUT2D eigenvalue weighted by atomic mass is 19.1. The average molecular weight is 338 g/mol. The first-order chi connectivity index (χ1) is 12.3. The summed E-state index contributed by atoms with van der Waals surface area (Å²) < 4.78 is 21.1. The summed E-state index contributed by atoms with van der Waals surface area (Å²) in [6, 6.07) is 16.6. The lowest BCUT2D eigenvalue weighted by molar-refractivity contribution is 0.122. The molecule has 1 saturated heterocycles. The zero-order valence-corrected chi connectivity index (χ0v) is 13.8. The van der Waals surface area contributed by atoms with E-state index in [1.807, 2.05) is 28.9 Å². The zero-order chi connectivity index (χ0) is 17.1. The lowest BCUT2D eigenvalue weighted by Crippen LogP contribution is -2.38. The molecule has 0 bridgehead atoms. The molecule has 1 aliphatic rings. The summed E-state index contributed by atoms with van der Waals surface area (Å²) in [5, 5.41) is 8.72. The van der Waals surface area contributed by atoms with E-state index in [9.17, 15) is 4.39 Å². The molecule has 25 heavy (non-hydrogen) atoms. The van der Waals surface area contributed by atoms with Crippen molar-refractivity contribution in [1.29, 1.82) is 0 Å². The van der Waals surface area contributed by atoms with Gasteiger partial charge in [-0.15, -0.1) is 5.10 Å². The van der Waals surface area contributed by atoms with Crippen LogP contribution in [0.3, 0.4) is 0 Å². The minimum atomic E-state index is -0.275. The van der Waals surface area contributed by atoms with E-state index < -0.39 is 0 Å². The van der Waals surface area contributed by atoms with Crippen molar-refractivity contribution in [2.24, 2.45) is 0 Å². The predicted molar refractivity (Wildman–Crippen MR) is 94.0 cm³/mol. The van der Waals surface area contributed by atoms with E-state index in [-0.39, 0.29) is 5.82 Å². The predicted octanol–water partition coefficient (Wildman–Crippen LogP) is 2.97. The van der Waals surface area contributed by atoms with Crippen molar-refractivity contribution in [2.45, 2.75) is 6.54 Å². The van der Waals surface area contributed by atoms with E-state index in [1.54, 1.807) is 6.07 Å². The first kappa shape index (κ1) is 15.8. The average Bonchev–Trinajstić information content (AvgIpc) is 3.07. The monoisotopic (exact) mass is 338 g/mol. The Hall–Kier alpha value is -2.73. The Kier molecular flexibility index (Phi) is 4.43. The molecular formula is C19H19FN4O. The number of hydrogen-bond donors (Lipinski definition) is 0. The maximum atomic E-state index is 13.7. The van der Waals surface area contributed by atoms with Crippen molar-refractivity contribution < 1.29 is 9.13 Å². The molecule has 0 saturated carbocycles. The van der Waals surface area contributed by atoms with Gasteiger partial charge in [0.25, 0.3) is 0 Å². The number of nitrogens with zero attached hydrogens (tertiary/aromatic N) is 4. The number of benzene rings is 2. The van der Waals surface area contributed by atoms with Crippen molar-refractivity contribution >= 4 is 5.82 Å². The smallest absolute Gasteiger partial charge is 0.156 e. The van der Waals surface area contributed by atoms with Crippen LogP contribution in [-0.4, -0.2) is 41.3 Å². The van der Waals surface area contributed by atoms with Crippen LogP contribution in [0.1, 0.15) is 5.56 Å². The van der Waals surface area contributed by atoms with Crippen LogP contribution in [-0.2, 0) is 11.3 Å². The molecule has 1 aromatic heterocycles. The second-order valence-electron chi connectivity index (χ2n) is 6.01. The van der Waals surface area contributed by atoms with E-state index >= 15 is 0 Å². The fourth-order valence-electron chi connectivity index (χ4n) is 3.08. The molecule has 0 spiro atoms. The zero-order valence-electron chi connectivity index (χ0n) is 13.8. The third-order valence-electron chi connectivity index (χ3n) is 4.29. The quantitative estimate of drug-likeness (QED) is 0.734. The molecule has 4 rings (SSSR count). The molecule has 0 radical (unpaired) electrons. The van der Waals surface area contributed by atoms with Crippen molar-refractivity contribution in [3.05, 3.63) is 66.0 Å². The van der Waals surface area contributed by atoms with Gasteiger partial charge >= 0.3 is 0 Å². The number of halogens is 1. The van der Waals surface area contributed by atoms with E-state index in [1.165, 1.54) is 12.1 Å². The van der Waals surface area contributed by atoms with Gasteiger partial charge in [0.2, 0.25) is 0 Å². The van der Waals surface area contributed by atoms with Crippen LogP contribution in [0, 0.1) is 5.82 Å². The molecule has 2 aromatic carbocycles. The van der Waals surface area contributed by atoms with Crippen LogP contribution in [0.5, 0.6) is 0 Å². The summed E-state index contributed by atoms with van der Waals surface area (Å²) in [6.07, 6.45) is 0. The van der Waals surface area contributed by atoms with Crippen molar-refractivity contribution in [1.82, 2.24) is 15.0 Å². The van der Waals surface area contributed by atoms with Crippen molar-refractivity contribution in [2.75, 3.05) is 31.2 Å². The first-order valence-electron chi connectivity index (χ1n) is 8.37. The largest absolute Gasteiger partial charge is 0.378 e. The van der Waals surface area contributed by atoms with Gasteiger partial charge in [-0.05, 0) is 17.7 Å². The standard InChI is InChI=1S/C19H19FN4O/c20-17-8-4-7-16(13-17)18-19(23-9-11-25-12-10-23)24(22-21-18)14-15-5-2-1-3-6-15/h1-8,13H,9-12,14H2. The minimum absolute atomic E-state index is 0.275. The van der Waals surface area contributed by atoms with Crippen LogP contribution < -0.4 is 4.90 Å². The topological polar surface area (TPSA) is 43.2 Å². The van der Waals surface area contributed by atoms with Gasteiger partial charge in [-0.1, -0.05) is 47.7 Å². The SMILES string of the molecule is Fc1cccc(-c2nnn(Cc3ccccc3)c2N2CCOCC2)c1. The highest BCUT2D eigenvalue weighted by Crippen LogP contribution is 2.30. The van der Waals surface area contributed by atoms with E-state index in [2.05, 4.69) is 27.3 Å². The van der Waals surface area contributed by atoms with Gasteiger partial charge in [0.05, 0.1) is 19.8 Å². The van der Waals surface area contributed by atoms with Crippen LogP contribution in [0.2, 0.25) is 0 Å². The fraction of sp³-hybridized carbons (Fsp3) is 0.263. The summed E-state index contributed by atoms with van der Waals surface area (Å²) in [7, 11) is 0. The molecule has 5 nitrogen and oxygen atoms in total. The number of anilines is 1. The molecule has 6 heteroatoms. The van der Waals surface area contributed by atoms with E-state index in [4.69, 9.17) is 4.74 Å². The summed E-state index contributed by atoms with van der Waals surface area (Å²) in [4.78, 5) is 2.21. The molecule has 0 atom stereocenters. The Morgan fingerprint density at radius 3 is 2.56 bits per heavy atom. The number of morpholine rings is 1. The third-order valence-corrected chi connectivity index (χ3v) is 4.29. The van der Waals surface area contributed by atoms with Crippen LogP contribution >= 0.6 is 0 Å². The fourth-order valence-corrected chi connectivity index (χ4v) is 3.08. The van der Waals surface area contributed by atoms with Crippen molar-refractivity contribution in [3.8, 4) is 11.3 Å². The molecular weight excluding hydrogens is 319 g/mol. The Bertz CT molecular complexity index is 844. The highest BCUT2D eigenvalue weighted by Gasteiger charge is 2.23. The van der Waals surface area contributed by atoms with E-state index in [0.29, 0.717) is 25.5 Å². The molecule has 0 N–H and O–H groups in total. The number of rotatable bonds is 4. The molecule has 1 aliphatic heterocycles. The number of hydrogen-bond acceptors (Lipinski definition) is 4. The maximum Gasteiger partial charge on any atom is 0.156 e. The van der Waals surface area contributed by atoms with Crippen LogP contribution in [0.15, 0.2) is 54.6 Å². The van der Waals surface area contributed by atoms with Crippen molar-refractivity contribution in [3.63, 3.8) is 0 Å². The molecule has 1 fully saturated rings. The second-order valence-corrected chi connectivity index (χ2v) is 6.01.